The van der Waals surface area contributed by atoms with Gasteiger partial charge in [0.25, 0.3) is 0 Å². The number of para-hydroxylation sites is 1. The fraction of sp³-hybridized carbons (Fsp3) is 0.222. The maximum Gasteiger partial charge on any atom is 0.416 e. The molecule has 0 unspecified atom stereocenters. The molecule has 0 bridgehead atoms. The molecule has 0 saturated carbocycles. The van der Waals surface area contributed by atoms with E-state index in [2.05, 4.69) is 15.2 Å². The Morgan fingerprint density at radius 2 is 1.77 bits per heavy atom. The molecule has 1 amide bonds. The first-order valence-electron chi connectivity index (χ1n) is 7.58. The molecule has 2 aromatic carbocycles. The van der Waals surface area contributed by atoms with E-state index in [9.17, 15) is 18.0 Å². The lowest BCUT2D eigenvalue weighted by atomic mass is 10.1. The third kappa shape index (κ3) is 5.23. The van der Waals surface area contributed by atoms with Crippen molar-refractivity contribution in [1.82, 2.24) is 0 Å². The van der Waals surface area contributed by atoms with Gasteiger partial charge in [-0.25, -0.2) is 4.79 Å². The summed E-state index contributed by atoms with van der Waals surface area (Å²) in [5.74, 6) is 0. The maximum atomic E-state index is 12.5. The second-order valence-electron chi connectivity index (χ2n) is 5.31. The normalized spacial score (nSPS) is 11.8. The van der Waals surface area contributed by atoms with Crippen molar-refractivity contribution in [2.24, 2.45) is 5.16 Å². The number of benzene rings is 2. The lowest BCUT2D eigenvalue weighted by Gasteiger charge is -2.10. The summed E-state index contributed by atoms with van der Waals surface area (Å²) in [7, 11) is 1.26. The number of rotatable bonds is 5. The van der Waals surface area contributed by atoms with Gasteiger partial charge in [-0.15, -0.1) is 0 Å². The number of methoxy groups -OCH3 is 1. The Morgan fingerprint density at radius 1 is 1.12 bits per heavy atom. The molecular formula is C18H17F3N2O3. The summed E-state index contributed by atoms with van der Waals surface area (Å²) in [5.41, 5.74) is 1.45. The second-order valence-corrected chi connectivity index (χ2v) is 5.31. The Bertz CT molecular complexity index is 787. The number of anilines is 1. The van der Waals surface area contributed by atoms with Gasteiger partial charge >= 0.3 is 12.3 Å². The van der Waals surface area contributed by atoms with E-state index in [1.54, 1.807) is 31.2 Å². The van der Waals surface area contributed by atoms with Gasteiger partial charge in [0.1, 0.15) is 6.61 Å². The molecule has 0 atom stereocenters. The summed E-state index contributed by atoms with van der Waals surface area (Å²) >= 11 is 0. The minimum Gasteiger partial charge on any atom is -0.453 e. The van der Waals surface area contributed by atoms with Gasteiger partial charge in [-0.2, -0.15) is 13.2 Å². The number of oxime groups is 1. The van der Waals surface area contributed by atoms with Crippen LogP contribution in [0.3, 0.4) is 0 Å². The molecule has 5 nitrogen and oxygen atoms in total. The molecular weight excluding hydrogens is 349 g/mol. The number of ether oxygens (including phenoxy) is 1. The van der Waals surface area contributed by atoms with Crippen LogP contribution in [0.4, 0.5) is 23.7 Å². The van der Waals surface area contributed by atoms with Crippen molar-refractivity contribution in [3.8, 4) is 0 Å². The minimum absolute atomic E-state index is 0.0159. The molecule has 0 spiro atoms. The highest BCUT2D eigenvalue weighted by molar-refractivity contribution is 6.05. The lowest BCUT2D eigenvalue weighted by molar-refractivity contribution is -0.137. The summed E-state index contributed by atoms with van der Waals surface area (Å²) in [6.07, 6.45) is -4.99. The number of halogens is 3. The van der Waals surface area contributed by atoms with Crippen LogP contribution in [0.5, 0.6) is 0 Å². The van der Waals surface area contributed by atoms with Gasteiger partial charge in [-0.3, -0.25) is 5.32 Å². The zero-order chi connectivity index (χ0) is 19.2. The molecule has 0 aliphatic rings. The average Bonchev–Trinajstić information content (AvgIpc) is 2.61. The van der Waals surface area contributed by atoms with Gasteiger partial charge in [-0.1, -0.05) is 35.5 Å². The van der Waals surface area contributed by atoms with Gasteiger partial charge in [-0.05, 0) is 30.7 Å². The van der Waals surface area contributed by atoms with Crippen LogP contribution in [0.2, 0.25) is 0 Å². The number of hydrogen-bond donors (Lipinski definition) is 1. The van der Waals surface area contributed by atoms with Gasteiger partial charge in [0.05, 0.1) is 24.1 Å². The third-order valence-electron chi connectivity index (χ3n) is 3.45. The largest absolute Gasteiger partial charge is 0.453 e. The number of amides is 1. The maximum absolute atomic E-state index is 12.5. The van der Waals surface area contributed by atoms with Crippen molar-refractivity contribution in [3.05, 3.63) is 65.2 Å². The number of nitrogens with one attached hydrogen (secondary N) is 1. The van der Waals surface area contributed by atoms with E-state index >= 15 is 0 Å². The topological polar surface area (TPSA) is 59.9 Å². The van der Waals surface area contributed by atoms with E-state index in [4.69, 9.17) is 4.84 Å². The average molecular weight is 366 g/mol. The molecule has 0 fully saturated rings. The summed E-state index contributed by atoms with van der Waals surface area (Å²) in [4.78, 5) is 16.6. The van der Waals surface area contributed by atoms with Gasteiger partial charge in [0.2, 0.25) is 0 Å². The first kappa shape index (κ1) is 19.3. The monoisotopic (exact) mass is 366 g/mol. The lowest BCUT2D eigenvalue weighted by Crippen LogP contribution is -2.13. The van der Waals surface area contributed by atoms with Crippen LogP contribution in [0, 0.1) is 0 Å². The highest BCUT2D eigenvalue weighted by Gasteiger charge is 2.29. The van der Waals surface area contributed by atoms with Crippen molar-refractivity contribution >= 4 is 17.5 Å². The molecule has 0 aromatic heterocycles. The van der Waals surface area contributed by atoms with Crippen LogP contribution < -0.4 is 5.32 Å². The second kappa shape index (κ2) is 8.37. The summed E-state index contributed by atoms with van der Waals surface area (Å²) < 4.78 is 42.1. The Balaban J connectivity index is 2.04. The van der Waals surface area contributed by atoms with Gasteiger partial charge in [0.15, 0.2) is 0 Å². The third-order valence-corrected chi connectivity index (χ3v) is 3.45. The van der Waals surface area contributed by atoms with Crippen LogP contribution in [0.1, 0.15) is 23.6 Å². The summed E-state index contributed by atoms with van der Waals surface area (Å²) in [6, 6.07) is 11.6. The quantitative estimate of drug-likeness (QED) is 0.609. The number of carbonyl (C=O) groups is 1. The molecule has 1 N–H and O–H groups in total. The molecule has 138 valence electrons. The Kier molecular flexibility index (Phi) is 6.21. The molecule has 0 aliphatic heterocycles. The molecule has 8 heteroatoms. The van der Waals surface area contributed by atoms with Crippen molar-refractivity contribution in [3.63, 3.8) is 0 Å². The zero-order valence-corrected chi connectivity index (χ0v) is 14.1. The SMILES string of the molecule is COC(=O)Nc1ccccc1/C(C)=N/OCc1ccc(C(F)(F)F)cc1. The van der Waals surface area contributed by atoms with Crippen LogP contribution in [0.25, 0.3) is 0 Å². The number of carbonyl (C=O) groups excluding carboxylic acids is 1. The molecule has 0 saturated heterocycles. The molecule has 0 radical (unpaired) electrons. The summed E-state index contributed by atoms with van der Waals surface area (Å²) in [6.45, 7) is 1.70. The van der Waals surface area contributed by atoms with Crippen LogP contribution >= 0.6 is 0 Å². The molecule has 26 heavy (non-hydrogen) atoms. The highest BCUT2D eigenvalue weighted by atomic mass is 19.4. The Hall–Kier alpha value is -3.03. The van der Waals surface area contributed by atoms with E-state index in [1.807, 2.05) is 0 Å². The number of hydrogen-bond acceptors (Lipinski definition) is 4. The number of alkyl halides is 3. The van der Waals surface area contributed by atoms with E-state index in [-0.39, 0.29) is 6.61 Å². The minimum atomic E-state index is -4.37. The standard InChI is InChI=1S/C18H17F3N2O3/c1-12(15-5-3-4-6-16(15)22-17(24)25-2)23-26-11-13-7-9-14(10-8-13)18(19,20)21/h3-10H,11H2,1-2H3,(H,22,24)/b23-12+. The first-order valence-corrected chi connectivity index (χ1v) is 7.58. The van der Waals surface area contributed by atoms with Crippen molar-refractivity contribution < 1.29 is 27.5 Å². The first-order chi connectivity index (χ1) is 12.3. The highest BCUT2D eigenvalue weighted by Crippen LogP contribution is 2.29. The molecule has 2 rings (SSSR count). The predicted molar refractivity (Wildman–Crippen MR) is 90.9 cm³/mol. The van der Waals surface area contributed by atoms with Gasteiger partial charge in [0, 0.05) is 5.56 Å². The van der Waals surface area contributed by atoms with Gasteiger partial charge < -0.3 is 9.57 Å². The molecule has 2 aromatic rings. The molecule has 0 aliphatic carbocycles. The Labute approximate surface area is 148 Å². The molecule has 0 heterocycles. The fourth-order valence-corrected chi connectivity index (χ4v) is 2.11. The van der Waals surface area contributed by atoms with Crippen molar-refractivity contribution in [2.45, 2.75) is 19.7 Å². The van der Waals surface area contributed by atoms with E-state index in [1.165, 1.54) is 19.2 Å². The van der Waals surface area contributed by atoms with Crippen LogP contribution in [-0.2, 0) is 22.4 Å². The van der Waals surface area contributed by atoms with Crippen molar-refractivity contribution in [2.75, 3.05) is 12.4 Å². The zero-order valence-electron chi connectivity index (χ0n) is 14.1. The van der Waals surface area contributed by atoms with E-state index in [0.29, 0.717) is 22.5 Å². The van der Waals surface area contributed by atoms with E-state index < -0.39 is 17.8 Å². The predicted octanol–water partition coefficient (Wildman–Crippen LogP) is 4.82. The van der Waals surface area contributed by atoms with E-state index in [0.717, 1.165) is 12.1 Å². The van der Waals surface area contributed by atoms with Crippen LogP contribution in [-0.4, -0.2) is 18.9 Å². The van der Waals surface area contributed by atoms with Crippen molar-refractivity contribution in [1.29, 1.82) is 0 Å². The smallest absolute Gasteiger partial charge is 0.416 e. The fourth-order valence-electron chi connectivity index (χ4n) is 2.11. The number of nitrogens with zero attached hydrogens (tertiary/aromatic N) is 1. The van der Waals surface area contributed by atoms with Crippen LogP contribution in [0.15, 0.2) is 53.7 Å². The summed E-state index contributed by atoms with van der Waals surface area (Å²) in [5, 5.41) is 6.52. The Morgan fingerprint density at radius 3 is 2.38 bits per heavy atom.